The quantitative estimate of drug-likeness (QED) is 0.881. The van der Waals surface area contributed by atoms with Crippen molar-refractivity contribution < 1.29 is 9.84 Å². The van der Waals surface area contributed by atoms with E-state index in [-0.39, 0.29) is 0 Å². The summed E-state index contributed by atoms with van der Waals surface area (Å²) in [6, 6.07) is 15.7. The minimum absolute atomic E-state index is 0.469. The van der Waals surface area contributed by atoms with Crippen LogP contribution in [0.25, 0.3) is 0 Å². The van der Waals surface area contributed by atoms with Crippen LogP contribution in [-0.2, 0) is 0 Å². The normalized spacial score (nSPS) is 12.2. The highest BCUT2D eigenvalue weighted by Crippen LogP contribution is 2.23. The average Bonchev–Trinajstić information content (AvgIpc) is 2.43. The van der Waals surface area contributed by atoms with Crippen molar-refractivity contribution in [1.82, 2.24) is 0 Å². The van der Waals surface area contributed by atoms with Crippen molar-refractivity contribution in [2.24, 2.45) is 0 Å². The second-order valence-electron chi connectivity index (χ2n) is 4.76. The van der Waals surface area contributed by atoms with Crippen LogP contribution in [0.5, 0.6) is 5.75 Å². The Bertz CT molecular complexity index is 520. The van der Waals surface area contributed by atoms with Crippen LogP contribution in [0.15, 0.2) is 48.5 Å². The third kappa shape index (κ3) is 3.58. The fourth-order valence-electron chi connectivity index (χ4n) is 2.10. The van der Waals surface area contributed by atoms with Crippen molar-refractivity contribution in [2.75, 3.05) is 6.61 Å². The second kappa shape index (κ2) is 6.39. The first-order valence-electron chi connectivity index (χ1n) is 6.60. The zero-order chi connectivity index (χ0) is 13.7. The molecule has 2 aromatic carbocycles. The largest absolute Gasteiger partial charge is 0.493 e. The maximum absolute atomic E-state index is 10.2. The summed E-state index contributed by atoms with van der Waals surface area (Å²) >= 11 is 0. The number of benzene rings is 2. The minimum atomic E-state index is -0.469. The third-order valence-electron chi connectivity index (χ3n) is 3.41. The molecule has 0 bridgehead atoms. The molecule has 0 radical (unpaired) electrons. The predicted octanol–water partition coefficient (Wildman–Crippen LogP) is 3.81. The summed E-state index contributed by atoms with van der Waals surface area (Å²) in [6.45, 7) is 4.62. The molecule has 100 valence electrons. The van der Waals surface area contributed by atoms with Gasteiger partial charge in [0.15, 0.2) is 0 Å². The molecule has 2 rings (SSSR count). The van der Waals surface area contributed by atoms with Crippen LogP contribution < -0.4 is 4.74 Å². The Balaban J connectivity index is 1.91. The van der Waals surface area contributed by atoms with E-state index in [2.05, 4.69) is 13.0 Å². The molecule has 0 aliphatic heterocycles. The van der Waals surface area contributed by atoms with Crippen LogP contribution >= 0.6 is 0 Å². The van der Waals surface area contributed by atoms with E-state index in [0.29, 0.717) is 13.0 Å². The van der Waals surface area contributed by atoms with E-state index in [9.17, 15) is 5.11 Å². The Labute approximate surface area is 114 Å². The summed E-state index contributed by atoms with van der Waals surface area (Å²) in [4.78, 5) is 0. The fraction of sp³-hybridized carbons (Fsp3) is 0.294. The Morgan fingerprint density at radius 3 is 2.47 bits per heavy atom. The molecule has 0 amide bonds. The van der Waals surface area contributed by atoms with Crippen LogP contribution in [0.4, 0.5) is 0 Å². The van der Waals surface area contributed by atoms with Crippen LogP contribution in [0.3, 0.4) is 0 Å². The van der Waals surface area contributed by atoms with Gasteiger partial charge in [-0.1, -0.05) is 36.4 Å². The fourth-order valence-corrected chi connectivity index (χ4v) is 2.10. The summed E-state index contributed by atoms with van der Waals surface area (Å²) in [5, 5.41) is 10.2. The van der Waals surface area contributed by atoms with Gasteiger partial charge in [-0.25, -0.2) is 0 Å². The van der Waals surface area contributed by atoms with Crippen molar-refractivity contribution >= 4 is 0 Å². The first kappa shape index (κ1) is 13.6. The first-order chi connectivity index (χ1) is 9.18. The molecule has 0 heterocycles. The maximum Gasteiger partial charge on any atom is 0.119 e. The summed E-state index contributed by atoms with van der Waals surface area (Å²) in [6.07, 6.45) is 0.128. The molecule has 0 fully saturated rings. The van der Waals surface area contributed by atoms with Gasteiger partial charge in [-0.15, -0.1) is 0 Å². The summed E-state index contributed by atoms with van der Waals surface area (Å²) in [5.74, 6) is 0.843. The molecule has 1 N–H and O–H groups in total. The van der Waals surface area contributed by atoms with Crippen LogP contribution in [-0.4, -0.2) is 11.7 Å². The molecule has 2 aromatic rings. The van der Waals surface area contributed by atoms with Gasteiger partial charge in [0, 0.05) is 6.42 Å². The van der Waals surface area contributed by atoms with Crippen molar-refractivity contribution in [3.05, 3.63) is 65.2 Å². The Kier molecular flexibility index (Phi) is 4.58. The summed E-state index contributed by atoms with van der Waals surface area (Å²) in [7, 11) is 0. The number of hydrogen-bond acceptors (Lipinski definition) is 2. The topological polar surface area (TPSA) is 29.5 Å². The summed E-state index contributed by atoms with van der Waals surface area (Å²) in [5.41, 5.74) is 3.37. The van der Waals surface area contributed by atoms with Gasteiger partial charge in [0.2, 0.25) is 0 Å². The predicted molar refractivity (Wildman–Crippen MR) is 77.4 cm³/mol. The van der Waals surface area contributed by atoms with E-state index < -0.39 is 6.10 Å². The molecule has 1 atom stereocenters. The molecule has 0 spiro atoms. The van der Waals surface area contributed by atoms with E-state index in [0.717, 1.165) is 16.9 Å². The maximum atomic E-state index is 10.2. The van der Waals surface area contributed by atoms with Gasteiger partial charge in [0.1, 0.15) is 5.75 Å². The van der Waals surface area contributed by atoms with Gasteiger partial charge >= 0.3 is 0 Å². The van der Waals surface area contributed by atoms with Crippen molar-refractivity contribution in [2.45, 2.75) is 26.4 Å². The van der Waals surface area contributed by atoms with Gasteiger partial charge in [-0.2, -0.15) is 0 Å². The minimum Gasteiger partial charge on any atom is -0.493 e. The molecule has 0 aliphatic rings. The third-order valence-corrected chi connectivity index (χ3v) is 3.41. The molecule has 19 heavy (non-hydrogen) atoms. The smallest absolute Gasteiger partial charge is 0.119 e. The molecule has 2 nitrogen and oxygen atoms in total. The lowest BCUT2D eigenvalue weighted by atomic mass is 9.98. The highest BCUT2D eigenvalue weighted by Gasteiger charge is 2.11. The molecule has 2 heteroatoms. The van der Waals surface area contributed by atoms with Crippen LogP contribution in [0.2, 0.25) is 0 Å². The lowest BCUT2D eigenvalue weighted by molar-refractivity contribution is 0.140. The molecule has 0 aromatic heterocycles. The van der Waals surface area contributed by atoms with E-state index in [1.54, 1.807) is 0 Å². The molecule has 1 unspecified atom stereocenters. The van der Waals surface area contributed by atoms with Gasteiger partial charge in [-0.3, -0.25) is 0 Å². The SMILES string of the molecule is Cc1cccc(C(O)CCOc2ccccc2)c1C. The van der Waals surface area contributed by atoms with Crippen molar-refractivity contribution in [3.63, 3.8) is 0 Å². The van der Waals surface area contributed by atoms with Gasteiger partial charge in [0.05, 0.1) is 12.7 Å². The van der Waals surface area contributed by atoms with E-state index in [1.807, 2.05) is 49.4 Å². The highest BCUT2D eigenvalue weighted by molar-refractivity contribution is 5.34. The van der Waals surface area contributed by atoms with E-state index in [1.165, 1.54) is 5.56 Å². The Morgan fingerprint density at radius 1 is 1.00 bits per heavy atom. The Morgan fingerprint density at radius 2 is 1.74 bits per heavy atom. The zero-order valence-electron chi connectivity index (χ0n) is 11.5. The standard InChI is InChI=1S/C17H20O2/c1-13-7-6-10-16(14(13)2)17(18)11-12-19-15-8-4-3-5-9-15/h3-10,17-18H,11-12H2,1-2H3. The molecule has 0 saturated carbocycles. The number of hydrogen-bond donors (Lipinski definition) is 1. The van der Waals surface area contributed by atoms with Crippen molar-refractivity contribution in [3.8, 4) is 5.75 Å². The lowest BCUT2D eigenvalue weighted by Crippen LogP contribution is -2.07. The number of aryl methyl sites for hydroxylation is 1. The lowest BCUT2D eigenvalue weighted by Gasteiger charge is -2.15. The highest BCUT2D eigenvalue weighted by atomic mass is 16.5. The Hall–Kier alpha value is -1.80. The molecule has 0 saturated heterocycles. The number of aliphatic hydroxyl groups is 1. The second-order valence-corrected chi connectivity index (χ2v) is 4.76. The summed E-state index contributed by atoms with van der Waals surface area (Å²) < 4.78 is 5.61. The first-order valence-corrected chi connectivity index (χ1v) is 6.60. The number of rotatable bonds is 5. The van der Waals surface area contributed by atoms with Gasteiger partial charge in [-0.05, 0) is 42.7 Å². The number of aliphatic hydroxyl groups excluding tert-OH is 1. The monoisotopic (exact) mass is 256 g/mol. The zero-order valence-corrected chi connectivity index (χ0v) is 11.5. The number of ether oxygens (including phenoxy) is 1. The van der Waals surface area contributed by atoms with Crippen molar-refractivity contribution in [1.29, 1.82) is 0 Å². The molecular formula is C17H20O2. The van der Waals surface area contributed by atoms with E-state index in [4.69, 9.17) is 4.74 Å². The molecule has 0 aliphatic carbocycles. The van der Waals surface area contributed by atoms with Gasteiger partial charge < -0.3 is 9.84 Å². The molecular weight excluding hydrogens is 236 g/mol. The average molecular weight is 256 g/mol. The van der Waals surface area contributed by atoms with Gasteiger partial charge in [0.25, 0.3) is 0 Å². The number of para-hydroxylation sites is 1. The van der Waals surface area contributed by atoms with E-state index >= 15 is 0 Å². The van der Waals surface area contributed by atoms with Crippen LogP contribution in [0, 0.1) is 13.8 Å². The van der Waals surface area contributed by atoms with Crippen LogP contribution in [0.1, 0.15) is 29.2 Å².